The third-order valence-electron chi connectivity index (χ3n) is 5.07. The summed E-state index contributed by atoms with van der Waals surface area (Å²) in [5, 5.41) is 3.28. The normalized spacial score (nSPS) is 12.5. The Kier molecular flexibility index (Phi) is 5.56. The van der Waals surface area contributed by atoms with Crippen molar-refractivity contribution in [2.45, 2.75) is 26.1 Å². The highest BCUT2D eigenvalue weighted by atomic mass is 19.4. The number of aromatic nitrogens is 4. The molecule has 1 unspecified atom stereocenters. The van der Waals surface area contributed by atoms with Crippen LogP contribution in [0.2, 0.25) is 0 Å². The Labute approximate surface area is 182 Å². The van der Waals surface area contributed by atoms with Crippen molar-refractivity contribution in [3.63, 3.8) is 0 Å². The molecule has 0 aliphatic rings. The summed E-state index contributed by atoms with van der Waals surface area (Å²) < 4.78 is 39.5. The first-order valence-corrected chi connectivity index (χ1v) is 9.89. The van der Waals surface area contributed by atoms with Crippen molar-refractivity contribution in [1.29, 1.82) is 0 Å². The lowest BCUT2D eigenvalue weighted by molar-refractivity contribution is -0.141. The van der Waals surface area contributed by atoms with Gasteiger partial charge in [-0.3, -0.25) is 4.98 Å². The standard InChI is InChI=1S/C23H21F3N6/c1-13-10-17(15-6-4-3-5-7-15)20(31-13)14(2)32-22-19(21(27)29-12-30-22)16-8-9-28-18(11-16)23(24,25)26/h3-12,14,31H,1-2H3,(H3,27,29,30,32). The zero-order chi connectivity index (χ0) is 22.9. The Morgan fingerprint density at radius 3 is 2.47 bits per heavy atom. The van der Waals surface area contributed by atoms with Crippen LogP contribution >= 0.6 is 0 Å². The largest absolute Gasteiger partial charge is 0.433 e. The monoisotopic (exact) mass is 438 g/mol. The number of alkyl halides is 3. The van der Waals surface area contributed by atoms with Crippen molar-refractivity contribution in [3.8, 4) is 22.3 Å². The molecule has 4 N–H and O–H groups in total. The number of halogens is 3. The summed E-state index contributed by atoms with van der Waals surface area (Å²) in [6.07, 6.45) is -2.20. The van der Waals surface area contributed by atoms with Gasteiger partial charge in [0.05, 0.1) is 11.6 Å². The van der Waals surface area contributed by atoms with E-state index in [1.54, 1.807) is 0 Å². The van der Waals surface area contributed by atoms with E-state index in [1.165, 1.54) is 12.4 Å². The molecule has 164 valence electrons. The van der Waals surface area contributed by atoms with Gasteiger partial charge in [-0.15, -0.1) is 0 Å². The molecule has 0 fully saturated rings. The van der Waals surface area contributed by atoms with E-state index in [2.05, 4.69) is 31.3 Å². The maximum absolute atomic E-state index is 13.2. The number of rotatable bonds is 5. The maximum Gasteiger partial charge on any atom is 0.433 e. The Morgan fingerprint density at radius 1 is 1.00 bits per heavy atom. The summed E-state index contributed by atoms with van der Waals surface area (Å²) in [5.41, 5.74) is 9.53. The van der Waals surface area contributed by atoms with Gasteiger partial charge < -0.3 is 16.0 Å². The fourth-order valence-electron chi connectivity index (χ4n) is 3.62. The molecular formula is C23H21F3N6. The average molecular weight is 438 g/mol. The van der Waals surface area contributed by atoms with E-state index in [1.807, 2.05) is 44.2 Å². The Morgan fingerprint density at radius 2 is 1.75 bits per heavy atom. The van der Waals surface area contributed by atoms with Gasteiger partial charge in [0.2, 0.25) is 0 Å². The molecule has 32 heavy (non-hydrogen) atoms. The van der Waals surface area contributed by atoms with E-state index in [0.717, 1.165) is 34.8 Å². The van der Waals surface area contributed by atoms with Crippen LogP contribution in [-0.2, 0) is 6.18 Å². The minimum atomic E-state index is -4.58. The topological polar surface area (TPSA) is 92.5 Å². The van der Waals surface area contributed by atoms with Crippen LogP contribution in [0.4, 0.5) is 24.8 Å². The van der Waals surface area contributed by atoms with Crippen LogP contribution in [0.15, 0.2) is 61.1 Å². The average Bonchev–Trinajstić information content (AvgIpc) is 3.16. The van der Waals surface area contributed by atoms with Crippen LogP contribution in [0.3, 0.4) is 0 Å². The van der Waals surface area contributed by atoms with Crippen molar-refractivity contribution in [3.05, 3.63) is 78.1 Å². The molecule has 9 heteroatoms. The van der Waals surface area contributed by atoms with Gasteiger partial charge in [0.25, 0.3) is 0 Å². The first-order chi connectivity index (χ1) is 15.2. The molecule has 6 nitrogen and oxygen atoms in total. The number of nitrogens with two attached hydrogens (primary N) is 1. The fourth-order valence-corrected chi connectivity index (χ4v) is 3.62. The van der Waals surface area contributed by atoms with E-state index in [9.17, 15) is 13.2 Å². The van der Waals surface area contributed by atoms with Crippen molar-refractivity contribution >= 4 is 11.6 Å². The molecule has 0 radical (unpaired) electrons. The van der Waals surface area contributed by atoms with Crippen molar-refractivity contribution in [1.82, 2.24) is 19.9 Å². The predicted molar refractivity (Wildman–Crippen MR) is 118 cm³/mol. The first-order valence-electron chi connectivity index (χ1n) is 9.89. The summed E-state index contributed by atoms with van der Waals surface area (Å²) in [6, 6.07) is 14.1. The Bertz CT molecular complexity index is 1230. The molecule has 1 atom stereocenters. The van der Waals surface area contributed by atoms with Crippen molar-refractivity contribution < 1.29 is 13.2 Å². The van der Waals surface area contributed by atoms with Gasteiger partial charge in [-0.05, 0) is 43.2 Å². The number of aromatic amines is 1. The van der Waals surface area contributed by atoms with Gasteiger partial charge in [0, 0.05) is 23.1 Å². The maximum atomic E-state index is 13.2. The Balaban J connectivity index is 1.73. The number of anilines is 2. The second-order valence-corrected chi connectivity index (χ2v) is 7.42. The smallest absolute Gasteiger partial charge is 0.383 e. The Hall–Kier alpha value is -3.88. The van der Waals surface area contributed by atoms with Crippen molar-refractivity contribution in [2.75, 3.05) is 11.1 Å². The number of hydrogen-bond acceptors (Lipinski definition) is 5. The van der Waals surface area contributed by atoms with Crippen LogP contribution in [0.5, 0.6) is 0 Å². The third kappa shape index (κ3) is 4.27. The molecule has 4 rings (SSSR count). The summed E-state index contributed by atoms with van der Waals surface area (Å²) in [4.78, 5) is 15.0. The van der Waals surface area contributed by atoms with Crippen LogP contribution in [0.25, 0.3) is 22.3 Å². The molecule has 3 heterocycles. The molecule has 0 saturated carbocycles. The second-order valence-electron chi connectivity index (χ2n) is 7.42. The molecule has 0 saturated heterocycles. The number of aryl methyl sites for hydroxylation is 1. The summed E-state index contributed by atoms with van der Waals surface area (Å²) in [6.45, 7) is 3.90. The van der Waals surface area contributed by atoms with Crippen LogP contribution < -0.4 is 11.1 Å². The van der Waals surface area contributed by atoms with Crippen molar-refractivity contribution in [2.24, 2.45) is 0 Å². The minimum absolute atomic E-state index is 0.0694. The number of nitrogens with one attached hydrogen (secondary N) is 2. The molecule has 1 aromatic carbocycles. The molecule has 0 amide bonds. The van der Waals surface area contributed by atoms with E-state index in [0.29, 0.717) is 5.82 Å². The van der Waals surface area contributed by atoms with E-state index < -0.39 is 11.9 Å². The summed E-state index contributed by atoms with van der Waals surface area (Å²) >= 11 is 0. The highest BCUT2D eigenvalue weighted by Gasteiger charge is 2.33. The number of hydrogen-bond donors (Lipinski definition) is 3. The molecule has 0 spiro atoms. The zero-order valence-electron chi connectivity index (χ0n) is 17.4. The fraction of sp³-hybridized carbons (Fsp3) is 0.174. The SMILES string of the molecule is Cc1cc(-c2ccccc2)c(C(C)Nc2ncnc(N)c2-c2ccnc(C(F)(F)F)c2)[nH]1. The van der Waals surface area contributed by atoms with Gasteiger partial charge >= 0.3 is 6.18 Å². The molecule has 3 aromatic heterocycles. The number of benzene rings is 1. The van der Waals surface area contributed by atoms with Gasteiger partial charge in [-0.1, -0.05) is 30.3 Å². The van der Waals surface area contributed by atoms with Crippen LogP contribution in [-0.4, -0.2) is 19.9 Å². The second kappa shape index (κ2) is 8.33. The number of pyridine rings is 1. The van der Waals surface area contributed by atoms with E-state index in [4.69, 9.17) is 5.73 Å². The van der Waals surface area contributed by atoms with Gasteiger partial charge in [-0.25, -0.2) is 9.97 Å². The first kappa shape index (κ1) is 21.4. The number of nitrogen functional groups attached to an aromatic ring is 1. The molecule has 0 bridgehead atoms. The van der Waals surface area contributed by atoms with Crippen LogP contribution in [0.1, 0.15) is 30.0 Å². The number of H-pyrrole nitrogens is 1. The lowest BCUT2D eigenvalue weighted by Crippen LogP contribution is -2.12. The van der Waals surface area contributed by atoms with Gasteiger partial charge in [0.1, 0.15) is 23.7 Å². The van der Waals surface area contributed by atoms with E-state index in [-0.39, 0.29) is 23.0 Å². The quantitative estimate of drug-likeness (QED) is 0.376. The molecule has 0 aliphatic heterocycles. The van der Waals surface area contributed by atoms with E-state index >= 15 is 0 Å². The lowest BCUT2D eigenvalue weighted by atomic mass is 10.0. The van der Waals surface area contributed by atoms with Crippen LogP contribution in [0, 0.1) is 6.92 Å². The highest BCUT2D eigenvalue weighted by molar-refractivity contribution is 5.84. The third-order valence-corrected chi connectivity index (χ3v) is 5.07. The lowest BCUT2D eigenvalue weighted by Gasteiger charge is -2.19. The highest BCUT2D eigenvalue weighted by Crippen LogP contribution is 2.37. The molecule has 0 aliphatic carbocycles. The zero-order valence-corrected chi connectivity index (χ0v) is 17.4. The summed E-state index contributed by atoms with van der Waals surface area (Å²) in [5.74, 6) is 0.399. The summed E-state index contributed by atoms with van der Waals surface area (Å²) in [7, 11) is 0. The molecule has 4 aromatic rings. The van der Waals surface area contributed by atoms with Gasteiger partial charge in [0.15, 0.2) is 0 Å². The minimum Gasteiger partial charge on any atom is -0.383 e. The number of nitrogens with zero attached hydrogens (tertiary/aromatic N) is 3. The predicted octanol–water partition coefficient (Wildman–Crippen LogP) is 5.62. The molecular weight excluding hydrogens is 417 g/mol. The van der Waals surface area contributed by atoms with Gasteiger partial charge in [-0.2, -0.15) is 13.2 Å².